The van der Waals surface area contributed by atoms with Crippen LogP contribution >= 0.6 is 0 Å². The lowest BCUT2D eigenvalue weighted by atomic mass is 10.3. The summed E-state index contributed by atoms with van der Waals surface area (Å²) < 4.78 is 3.80. The quantitative estimate of drug-likeness (QED) is 0.842. The summed E-state index contributed by atoms with van der Waals surface area (Å²) in [6.45, 7) is 7.08. The van der Waals surface area contributed by atoms with Gasteiger partial charge in [-0.3, -0.25) is 14.4 Å². The van der Waals surface area contributed by atoms with E-state index in [4.69, 9.17) is 0 Å². The first-order valence-electron chi connectivity index (χ1n) is 7.96. The molecule has 2 aromatic heterocycles. The van der Waals surface area contributed by atoms with Crippen LogP contribution in [0.2, 0.25) is 0 Å². The van der Waals surface area contributed by atoms with Crippen LogP contribution in [0.15, 0.2) is 12.3 Å². The Morgan fingerprint density at radius 3 is 3.13 bits per heavy atom. The van der Waals surface area contributed by atoms with Crippen molar-refractivity contribution in [3.8, 4) is 0 Å². The number of anilines is 1. The topological polar surface area (TPSA) is 93.8 Å². The number of hydrogen-bond donors (Lipinski definition) is 1. The van der Waals surface area contributed by atoms with Crippen molar-refractivity contribution in [2.24, 2.45) is 0 Å². The molecule has 3 heterocycles. The number of rotatable bonds is 6. The van der Waals surface area contributed by atoms with Crippen molar-refractivity contribution in [3.63, 3.8) is 0 Å². The van der Waals surface area contributed by atoms with Gasteiger partial charge >= 0.3 is 0 Å². The molecule has 0 unspecified atom stereocenters. The van der Waals surface area contributed by atoms with Crippen LogP contribution in [0.5, 0.6) is 0 Å². The number of carbonyl (C=O) groups excluding carboxylic acids is 1. The highest BCUT2D eigenvalue weighted by Gasteiger charge is 2.26. The zero-order valence-electron chi connectivity index (χ0n) is 13.5. The number of hydrogen-bond acceptors (Lipinski definition) is 6. The zero-order chi connectivity index (χ0) is 16.2. The van der Waals surface area contributed by atoms with Gasteiger partial charge < -0.3 is 5.32 Å². The first-order chi connectivity index (χ1) is 11.2. The van der Waals surface area contributed by atoms with E-state index in [1.165, 1.54) is 6.92 Å². The number of aryl methyl sites for hydroxylation is 1. The molecule has 1 saturated heterocycles. The number of aromatic nitrogens is 6. The molecule has 0 aliphatic carbocycles. The Hall–Kier alpha value is -2.29. The third kappa shape index (κ3) is 3.73. The lowest BCUT2D eigenvalue weighted by Crippen LogP contribution is -2.24. The Balaban J connectivity index is 1.58. The molecule has 2 aromatic rings. The summed E-state index contributed by atoms with van der Waals surface area (Å²) in [6.07, 6.45) is 3.96. The number of nitrogens with one attached hydrogen (secondary N) is 1. The molecule has 23 heavy (non-hydrogen) atoms. The molecule has 0 aromatic carbocycles. The lowest BCUT2D eigenvalue weighted by molar-refractivity contribution is -0.114. The fraction of sp³-hybridized carbons (Fsp3) is 0.643. The van der Waals surface area contributed by atoms with Crippen LogP contribution in [0.1, 0.15) is 38.6 Å². The number of tetrazole rings is 1. The summed E-state index contributed by atoms with van der Waals surface area (Å²) in [7, 11) is 0. The van der Waals surface area contributed by atoms with Crippen LogP contribution in [0.25, 0.3) is 0 Å². The van der Waals surface area contributed by atoms with Gasteiger partial charge in [0.2, 0.25) is 5.91 Å². The van der Waals surface area contributed by atoms with E-state index in [1.807, 2.05) is 21.6 Å². The average Bonchev–Trinajstić information content (AvgIpc) is 3.21. The maximum Gasteiger partial charge on any atom is 0.222 e. The molecule has 0 bridgehead atoms. The van der Waals surface area contributed by atoms with Crippen molar-refractivity contribution in [2.45, 2.75) is 45.8 Å². The van der Waals surface area contributed by atoms with Gasteiger partial charge in [-0.05, 0) is 23.3 Å². The van der Waals surface area contributed by atoms with Crippen LogP contribution in [0.4, 0.5) is 5.82 Å². The average molecular weight is 318 g/mol. The number of carbonyl (C=O) groups is 1. The van der Waals surface area contributed by atoms with E-state index in [-0.39, 0.29) is 5.91 Å². The minimum absolute atomic E-state index is 0.106. The maximum absolute atomic E-state index is 11.1. The van der Waals surface area contributed by atoms with Gasteiger partial charge in [0.15, 0.2) is 11.6 Å². The van der Waals surface area contributed by atoms with E-state index in [9.17, 15) is 4.79 Å². The second-order valence-corrected chi connectivity index (χ2v) is 5.86. The molecule has 0 saturated carbocycles. The summed E-state index contributed by atoms with van der Waals surface area (Å²) in [5.74, 6) is 1.40. The summed E-state index contributed by atoms with van der Waals surface area (Å²) >= 11 is 0. The van der Waals surface area contributed by atoms with Crippen molar-refractivity contribution in [3.05, 3.63) is 18.1 Å². The molecule has 1 N–H and O–H groups in total. The minimum atomic E-state index is -0.106. The van der Waals surface area contributed by atoms with Crippen LogP contribution in [-0.4, -0.2) is 53.9 Å². The normalized spacial score (nSPS) is 18.4. The SMILES string of the molecule is CCCn1nnnc1CN1CC[C@H](n2ccc(NC(C)=O)n2)C1. The summed E-state index contributed by atoms with van der Waals surface area (Å²) in [4.78, 5) is 13.4. The molecular weight excluding hydrogens is 296 g/mol. The summed E-state index contributed by atoms with van der Waals surface area (Å²) in [5.41, 5.74) is 0. The van der Waals surface area contributed by atoms with E-state index < -0.39 is 0 Å². The lowest BCUT2D eigenvalue weighted by Gasteiger charge is -2.15. The fourth-order valence-corrected chi connectivity index (χ4v) is 2.88. The molecule has 1 aliphatic rings. The van der Waals surface area contributed by atoms with E-state index >= 15 is 0 Å². The highest BCUT2D eigenvalue weighted by atomic mass is 16.1. The first kappa shape index (κ1) is 15.6. The van der Waals surface area contributed by atoms with E-state index in [0.29, 0.717) is 11.9 Å². The Labute approximate surface area is 134 Å². The van der Waals surface area contributed by atoms with Crippen molar-refractivity contribution in [1.29, 1.82) is 0 Å². The summed E-state index contributed by atoms with van der Waals surface area (Å²) in [6, 6.07) is 2.14. The first-order valence-corrected chi connectivity index (χ1v) is 7.96. The monoisotopic (exact) mass is 318 g/mol. The largest absolute Gasteiger partial charge is 0.309 e. The van der Waals surface area contributed by atoms with Gasteiger partial charge in [0.1, 0.15) is 0 Å². The predicted octanol–water partition coefficient (Wildman–Crippen LogP) is 0.685. The van der Waals surface area contributed by atoms with Gasteiger partial charge in [-0.2, -0.15) is 5.10 Å². The third-order valence-corrected chi connectivity index (χ3v) is 3.94. The molecule has 1 fully saturated rings. The molecule has 1 amide bonds. The Bertz CT molecular complexity index is 663. The zero-order valence-corrected chi connectivity index (χ0v) is 13.5. The van der Waals surface area contributed by atoms with Gasteiger partial charge in [0.05, 0.1) is 12.6 Å². The van der Waals surface area contributed by atoms with Crippen LogP contribution < -0.4 is 5.32 Å². The van der Waals surface area contributed by atoms with Crippen molar-refractivity contribution in [1.82, 2.24) is 34.9 Å². The van der Waals surface area contributed by atoms with Crippen LogP contribution in [-0.2, 0) is 17.9 Å². The van der Waals surface area contributed by atoms with Gasteiger partial charge in [0, 0.05) is 38.8 Å². The third-order valence-electron chi connectivity index (χ3n) is 3.94. The maximum atomic E-state index is 11.1. The van der Waals surface area contributed by atoms with Crippen molar-refractivity contribution >= 4 is 11.7 Å². The number of likely N-dealkylation sites (tertiary alicyclic amines) is 1. The molecule has 9 heteroatoms. The Morgan fingerprint density at radius 1 is 1.48 bits per heavy atom. The molecular formula is C14H22N8O. The standard InChI is InChI=1S/C14H22N8O/c1-3-6-22-14(16-18-19-22)10-20-7-4-12(9-20)21-8-5-13(17-21)15-11(2)23/h5,8,12H,3-4,6-7,9-10H2,1-2H3,(H,15,17,23)/t12-/m0/s1. The van der Waals surface area contributed by atoms with Crippen molar-refractivity contribution < 1.29 is 4.79 Å². The molecule has 124 valence electrons. The highest BCUT2D eigenvalue weighted by Crippen LogP contribution is 2.23. The van der Waals surface area contributed by atoms with Crippen LogP contribution in [0.3, 0.4) is 0 Å². The molecule has 9 nitrogen and oxygen atoms in total. The van der Waals surface area contributed by atoms with Gasteiger partial charge in [-0.25, -0.2) is 4.68 Å². The number of amides is 1. The second kappa shape index (κ2) is 6.86. The molecule has 3 rings (SSSR count). The smallest absolute Gasteiger partial charge is 0.222 e. The number of nitrogens with zero attached hydrogens (tertiary/aromatic N) is 7. The van der Waals surface area contributed by atoms with Gasteiger partial charge in [-0.1, -0.05) is 6.92 Å². The van der Waals surface area contributed by atoms with Crippen LogP contribution in [0, 0.1) is 0 Å². The van der Waals surface area contributed by atoms with Gasteiger partial charge in [-0.15, -0.1) is 5.10 Å². The molecule has 1 atom stereocenters. The molecule has 0 radical (unpaired) electrons. The fourth-order valence-electron chi connectivity index (χ4n) is 2.88. The Morgan fingerprint density at radius 2 is 2.35 bits per heavy atom. The molecule has 0 spiro atoms. The van der Waals surface area contributed by atoms with E-state index in [0.717, 1.165) is 44.8 Å². The Kier molecular flexibility index (Phi) is 4.65. The second-order valence-electron chi connectivity index (χ2n) is 5.86. The van der Waals surface area contributed by atoms with Gasteiger partial charge in [0.25, 0.3) is 0 Å². The summed E-state index contributed by atoms with van der Waals surface area (Å²) in [5, 5.41) is 19.0. The van der Waals surface area contributed by atoms with Crippen molar-refractivity contribution in [2.75, 3.05) is 18.4 Å². The van der Waals surface area contributed by atoms with E-state index in [1.54, 1.807) is 0 Å². The highest BCUT2D eigenvalue weighted by molar-refractivity contribution is 5.87. The molecule has 1 aliphatic heterocycles. The van der Waals surface area contributed by atoms with E-state index in [2.05, 4.69) is 37.8 Å². The minimum Gasteiger partial charge on any atom is -0.309 e. The predicted molar refractivity (Wildman–Crippen MR) is 83.6 cm³/mol.